The zero-order chi connectivity index (χ0) is 12.7. The van der Waals surface area contributed by atoms with Crippen molar-refractivity contribution >= 4 is 5.97 Å². The molecule has 2 heterocycles. The Labute approximate surface area is 108 Å². The van der Waals surface area contributed by atoms with Crippen LogP contribution in [0.15, 0.2) is 0 Å². The van der Waals surface area contributed by atoms with Crippen LogP contribution in [0.2, 0.25) is 0 Å². The van der Waals surface area contributed by atoms with Gasteiger partial charge in [-0.2, -0.15) is 0 Å². The van der Waals surface area contributed by atoms with Crippen molar-refractivity contribution in [1.29, 1.82) is 0 Å². The zero-order valence-corrected chi connectivity index (χ0v) is 11.0. The van der Waals surface area contributed by atoms with E-state index in [0.717, 1.165) is 32.6 Å². The standard InChI is InChI=1S/C14H23NO3/c1-9-8-18-6-5-12(9)15-7-10-3-2-4-11(10)13(15)14(16)17/h9-13H,2-8H2,1H3,(H,16,17). The summed E-state index contributed by atoms with van der Waals surface area (Å²) in [4.78, 5) is 13.9. The van der Waals surface area contributed by atoms with Gasteiger partial charge >= 0.3 is 5.97 Å². The maximum atomic E-state index is 11.6. The molecule has 18 heavy (non-hydrogen) atoms. The Kier molecular flexibility index (Phi) is 3.32. The molecular formula is C14H23NO3. The first-order valence-corrected chi connectivity index (χ1v) is 7.24. The summed E-state index contributed by atoms with van der Waals surface area (Å²) >= 11 is 0. The minimum atomic E-state index is -0.608. The predicted molar refractivity (Wildman–Crippen MR) is 67.3 cm³/mol. The van der Waals surface area contributed by atoms with Crippen LogP contribution < -0.4 is 0 Å². The molecule has 4 heteroatoms. The first-order chi connectivity index (χ1) is 8.68. The highest BCUT2D eigenvalue weighted by atomic mass is 16.5. The topological polar surface area (TPSA) is 49.8 Å². The van der Waals surface area contributed by atoms with Gasteiger partial charge in [0.25, 0.3) is 0 Å². The molecule has 0 radical (unpaired) electrons. The number of hydrogen-bond acceptors (Lipinski definition) is 3. The molecule has 1 N–H and O–H groups in total. The Bertz CT molecular complexity index is 333. The van der Waals surface area contributed by atoms with Crippen molar-refractivity contribution in [3.05, 3.63) is 0 Å². The Hall–Kier alpha value is -0.610. The summed E-state index contributed by atoms with van der Waals surface area (Å²) in [5, 5.41) is 9.57. The van der Waals surface area contributed by atoms with Crippen molar-refractivity contribution in [1.82, 2.24) is 4.90 Å². The van der Waals surface area contributed by atoms with Gasteiger partial charge in [0.15, 0.2) is 0 Å². The Morgan fingerprint density at radius 2 is 2.17 bits per heavy atom. The highest BCUT2D eigenvalue weighted by Crippen LogP contribution is 2.44. The summed E-state index contributed by atoms with van der Waals surface area (Å²) in [6.45, 7) is 4.75. The van der Waals surface area contributed by atoms with Gasteiger partial charge < -0.3 is 9.84 Å². The molecule has 3 rings (SSSR count). The lowest BCUT2D eigenvalue weighted by atomic mass is 9.92. The third-order valence-electron chi connectivity index (χ3n) is 5.20. The fourth-order valence-electron chi connectivity index (χ4n) is 4.37. The number of carboxylic acid groups (broad SMARTS) is 1. The molecule has 3 fully saturated rings. The maximum Gasteiger partial charge on any atom is 0.321 e. The molecule has 102 valence electrons. The maximum absolute atomic E-state index is 11.6. The van der Waals surface area contributed by atoms with Crippen LogP contribution in [0, 0.1) is 17.8 Å². The number of nitrogens with zero attached hydrogens (tertiary/aromatic N) is 1. The Balaban J connectivity index is 1.80. The minimum absolute atomic E-state index is 0.233. The summed E-state index contributed by atoms with van der Waals surface area (Å²) in [5.41, 5.74) is 0. The van der Waals surface area contributed by atoms with E-state index in [1.807, 2.05) is 0 Å². The molecule has 4 nitrogen and oxygen atoms in total. The van der Waals surface area contributed by atoms with E-state index in [2.05, 4.69) is 11.8 Å². The van der Waals surface area contributed by atoms with Crippen molar-refractivity contribution in [2.24, 2.45) is 17.8 Å². The van der Waals surface area contributed by atoms with E-state index in [9.17, 15) is 9.90 Å². The highest BCUT2D eigenvalue weighted by molar-refractivity contribution is 5.74. The quantitative estimate of drug-likeness (QED) is 0.812. The van der Waals surface area contributed by atoms with Crippen molar-refractivity contribution < 1.29 is 14.6 Å². The molecule has 2 saturated heterocycles. The van der Waals surface area contributed by atoms with E-state index in [1.54, 1.807) is 0 Å². The van der Waals surface area contributed by atoms with Crippen LogP contribution in [-0.2, 0) is 9.53 Å². The average Bonchev–Trinajstić information content (AvgIpc) is 2.88. The monoisotopic (exact) mass is 253 g/mol. The number of likely N-dealkylation sites (tertiary alicyclic amines) is 1. The SMILES string of the molecule is CC1COCCC1N1CC2CCCC2C1C(=O)O. The summed E-state index contributed by atoms with van der Waals surface area (Å²) in [6, 6.07) is 0.175. The van der Waals surface area contributed by atoms with Gasteiger partial charge in [-0.1, -0.05) is 13.3 Å². The van der Waals surface area contributed by atoms with Crippen molar-refractivity contribution in [3.63, 3.8) is 0 Å². The number of rotatable bonds is 2. The fourth-order valence-corrected chi connectivity index (χ4v) is 4.37. The lowest BCUT2D eigenvalue weighted by molar-refractivity contribution is -0.146. The number of fused-ring (bicyclic) bond motifs is 1. The van der Waals surface area contributed by atoms with Gasteiger partial charge in [0, 0.05) is 19.2 Å². The van der Waals surface area contributed by atoms with Gasteiger partial charge in [0.2, 0.25) is 0 Å². The Morgan fingerprint density at radius 3 is 2.89 bits per heavy atom. The van der Waals surface area contributed by atoms with Gasteiger partial charge in [-0.15, -0.1) is 0 Å². The number of aliphatic carboxylic acids is 1. The van der Waals surface area contributed by atoms with Gasteiger partial charge in [-0.3, -0.25) is 9.69 Å². The van der Waals surface area contributed by atoms with Crippen LogP contribution in [0.5, 0.6) is 0 Å². The molecule has 3 aliphatic rings. The van der Waals surface area contributed by atoms with Gasteiger partial charge in [-0.25, -0.2) is 0 Å². The number of carbonyl (C=O) groups is 1. The predicted octanol–water partition coefficient (Wildman–Crippen LogP) is 1.60. The first-order valence-electron chi connectivity index (χ1n) is 7.24. The minimum Gasteiger partial charge on any atom is -0.480 e. The fraction of sp³-hybridized carbons (Fsp3) is 0.929. The molecule has 0 aromatic carbocycles. The van der Waals surface area contributed by atoms with Crippen molar-refractivity contribution in [2.45, 2.75) is 44.7 Å². The van der Waals surface area contributed by atoms with Crippen molar-refractivity contribution in [3.8, 4) is 0 Å². The average molecular weight is 253 g/mol. The van der Waals surface area contributed by atoms with Crippen LogP contribution in [0.1, 0.15) is 32.6 Å². The van der Waals surface area contributed by atoms with Crippen LogP contribution in [-0.4, -0.2) is 47.8 Å². The molecule has 0 aromatic rings. The van der Waals surface area contributed by atoms with Crippen molar-refractivity contribution in [2.75, 3.05) is 19.8 Å². The molecule has 0 aromatic heterocycles. The van der Waals surface area contributed by atoms with E-state index < -0.39 is 5.97 Å². The Morgan fingerprint density at radius 1 is 1.33 bits per heavy atom. The van der Waals surface area contributed by atoms with Gasteiger partial charge in [0.1, 0.15) is 6.04 Å². The molecule has 1 saturated carbocycles. The van der Waals surface area contributed by atoms with E-state index in [-0.39, 0.29) is 6.04 Å². The van der Waals surface area contributed by atoms with Crippen LogP contribution in [0.3, 0.4) is 0 Å². The summed E-state index contributed by atoms with van der Waals surface area (Å²) in [6.07, 6.45) is 4.54. The third-order valence-corrected chi connectivity index (χ3v) is 5.20. The second-order valence-corrected chi connectivity index (χ2v) is 6.24. The lowest BCUT2D eigenvalue weighted by Gasteiger charge is -2.39. The normalized spacial score (nSPS) is 45.1. The molecule has 5 unspecified atom stereocenters. The molecule has 0 bridgehead atoms. The van der Waals surface area contributed by atoms with Gasteiger partial charge in [-0.05, 0) is 37.0 Å². The zero-order valence-electron chi connectivity index (χ0n) is 11.0. The van der Waals surface area contributed by atoms with E-state index in [1.165, 1.54) is 12.8 Å². The van der Waals surface area contributed by atoms with E-state index in [4.69, 9.17) is 4.74 Å². The molecule has 0 amide bonds. The van der Waals surface area contributed by atoms with Gasteiger partial charge in [0.05, 0.1) is 6.61 Å². The molecular weight excluding hydrogens is 230 g/mol. The smallest absolute Gasteiger partial charge is 0.321 e. The molecule has 5 atom stereocenters. The summed E-state index contributed by atoms with van der Waals surface area (Å²) < 4.78 is 5.49. The molecule has 2 aliphatic heterocycles. The summed E-state index contributed by atoms with van der Waals surface area (Å²) in [7, 11) is 0. The van der Waals surface area contributed by atoms with E-state index in [0.29, 0.717) is 23.8 Å². The second kappa shape index (κ2) is 4.82. The molecule has 0 spiro atoms. The highest BCUT2D eigenvalue weighted by Gasteiger charge is 2.50. The largest absolute Gasteiger partial charge is 0.480 e. The summed E-state index contributed by atoms with van der Waals surface area (Å²) in [5.74, 6) is 0.876. The number of carboxylic acids is 1. The molecule has 1 aliphatic carbocycles. The lowest BCUT2D eigenvalue weighted by Crippen LogP contribution is -2.50. The number of hydrogen-bond donors (Lipinski definition) is 1. The second-order valence-electron chi connectivity index (χ2n) is 6.24. The van der Waals surface area contributed by atoms with Crippen LogP contribution >= 0.6 is 0 Å². The first kappa shape index (κ1) is 12.4. The van der Waals surface area contributed by atoms with Crippen LogP contribution in [0.4, 0.5) is 0 Å². The van der Waals surface area contributed by atoms with Crippen LogP contribution in [0.25, 0.3) is 0 Å². The number of ether oxygens (including phenoxy) is 1. The van der Waals surface area contributed by atoms with E-state index >= 15 is 0 Å². The third kappa shape index (κ3) is 1.95.